The Morgan fingerprint density at radius 2 is 1.96 bits per heavy atom. The van der Waals surface area contributed by atoms with Gasteiger partial charge in [-0.15, -0.1) is 0 Å². The third kappa shape index (κ3) is 3.76. The van der Waals surface area contributed by atoms with Crippen LogP contribution in [-0.4, -0.2) is 15.7 Å². The number of alkyl halides is 2. The molecule has 2 aromatic rings. The Balaban J connectivity index is 2.31. The Kier molecular flexibility index (Phi) is 5.49. The lowest BCUT2D eigenvalue weighted by atomic mass is 10.1. The van der Waals surface area contributed by atoms with E-state index >= 15 is 0 Å². The second kappa shape index (κ2) is 7.03. The van der Waals surface area contributed by atoms with E-state index < -0.39 is 24.1 Å². The maximum atomic E-state index is 13.0. The lowest BCUT2D eigenvalue weighted by Crippen LogP contribution is -2.27. The minimum Gasteiger partial charge on any atom is -0.345 e. The summed E-state index contributed by atoms with van der Waals surface area (Å²) < 4.78 is 27.0. The summed E-state index contributed by atoms with van der Waals surface area (Å²) in [7, 11) is 1.38. The first-order valence-electron chi connectivity index (χ1n) is 6.48. The molecular formula is C14H12Cl3F2N3O. The third-order valence-corrected chi connectivity index (χ3v) is 4.22. The van der Waals surface area contributed by atoms with Gasteiger partial charge in [0, 0.05) is 17.1 Å². The van der Waals surface area contributed by atoms with Crippen molar-refractivity contribution in [1.29, 1.82) is 0 Å². The van der Waals surface area contributed by atoms with Crippen LogP contribution in [0.1, 0.15) is 41.0 Å². The van der Waals surface area contributed by atoms with Crippen LogP contribution < -0.4 is 5.32 Å². The van der Waals surface area contributed by atoms with Crippen LogP contribution in [0.15, 0.2) is 18.2 Å². The average Bonchev–Trinajstić information content (AvgIpc) is 2.77. The largest absolute Gasteiger partial charge is 0.345 e. The molecule has 23 heavy (non-hydrogen) atoms. The Labute approximate surface area is 146 Å². The first-order chi connectivity index (χ1) is 10.7. The zero-order chi connectivity index (χ0) is 17.3. The zero-order valence-corrected chi connectivity index (χ0v) is 14.3. The van der Waals surface area contributed by atoms with Crippen LogP contribution in [-0.2, 0) is 7.05 Å². The van der Waals surface area contributed by atoms with E-state index in [1.807, 2.05) is 0 Å². The van der Waals surface area contributed by atoms with Crippen molar-refractivity contribution < 1.29 is 13.6 Å². The van der Waals surface area contributed by atoms with Crippen LogP contribution in [0.25, 0.3) is 0 Å². The van der Waals surface area contributed by atoms with Crippen molar-refractivity contribution in [3.63, 3.8) is 0 Å². The van der Waals surface area contributed by atoms with Crippen molar-refractivity contribution >= 4 is 40.7 Å². The molecule has 0 radical (unpaired) electrons. The van der Waals surface area contributed by atoms with Gasteiger partial charge in [-0.1, -0.05) is 34.8 Å². The molecule has 1 unspecified atom stereocenters. The molecule has 0 aliphatic rings. The number of nitrogens with one attached hydrogen (secondary N) is 1. The summed E-state index contributed by atoms with van der Waals surface area (Å²) >= 11 is 17.9. The molecule has 0 aliphatic heterocycles. The highest BCUT2D eigenvalue weighted by atomic mass is 35.5. The minimum absolute atomic E-state index is 0.165. The van der Waals surface area contributed by atoms with Crippen LogP contribution in [0.3, 0.4) is 0 Å². The van der Waals surface area contributed by atoms with Crippen molar-refractivity contribution in [1.82, 2.24) is 15.1 Å². The molecular weight excluding hydrogens is 371 g/mol. The van der Waals surface area contributed by atoms with E-state index in [4.69, 9.17) is 34.8 Å². The number of rotatable bonds is 4. The second-order valence-corrected chi connectivity index (χ2v) is 6.04. The smallest absolute Gasteiger partial charge is 0.283 e. The van der Waals surface area contributed by atoms with E-state index in [2.05, 4.69) is 10.4 Å². The molecule has 1 heterocycles. The third-order valence-electron chi connectivity index (χ3n) is 3.21. The average molecular weight is 383 g/mol. The molecule has 1 amide bonds. The molecule has 1 aromatic carbocycles. The number of aromatic nitrogens is 2. The summed E-state index contributed by atoms with van der Waals surface area (Å²) in [5.41, 5.74) is -0.459. The van der Waals surface area contributed by atoms with Crippen molar-refractivity contribution in [3.8, 4) is 0 Å². The molecule has 0 aliphatic carbocycles. The fourth-order valence-corrected chi connectivity index (χ4v) is 2.76. The molecule has 1 aromatic heterocycles. The quantitative estimate of drug-likeness (QED) is 0.825. The Hall–Kier alpha value is -1.37. The summed E-state index contributed by atoms with van der Waals surface area (Å²) in [6.45, 7) is 1.65. The van der Waals surface area contributed by atoms with Gasteiger partial charge in [-0.3, -0.25) is 9.48 Å². The number of aryl methyl sites for hydroxylation is 1. The summed E-state index contributed by atoms with van der Waals surface area (Å²) in [6, 6.07) is 4.22. The van der Waals surface area contributed by atoms with Gasteiger partial charge in [-0.25, -0.2) is 8.78 Å². The lowest BCUT2D eigenvalue weighted by molar-refractivity contribution is 0.0925. The Morgan fingerprint density at radius 3 is 2.57 bits per heavy atom. The number of hydrogen-bond donors (Lipinski definition) is 1. The van der Waals surface area contributed by atoms with Gasteiger partial charge in [0.2, 0.25) is 0 Å². The van der Waals surface area contributed by atoms with Crippen molar-refractivity contribution in [3.05, 3.63) is 50.2 Å². The van der Waals surface area contributed by atoms with E-state index in [9.17, 15) is 13.6 Å². The van der Waals surface area contributed by atoms with Gasteiger partial charge in [-0.2, -0.15) is 5.10 Å². The molecule has 0 saturated carbocycles. The monoisotopic (exact) mass is 381 g/mol. The molecule has 0 spiro atoms. The second-order valence-electron chi connectivity index (χ2n) is 4.84. The predicted octanol–water partition coefficient (Wildman–Crippen LogP) is 4.81. The summed E-state index contributed by atoms with van der Waals surface area (Å²) in [5.74, 6) is -0.762. The van der Waals surface area contributed by atoms with Gasteiger partial charge >= 0.3 is 0 Å². The van der Waals surface area contributed by atoms with Gasteiger partial charge in [0.25, 0.3) is 12.3 Å². The molecule has 0 bridgehead atoms. The first-order valence-corrected chi connectivity index (χ1v) is 7.62. The number of halogens is 5. The fourth-order valence-electron chi connectivity index (χ4n) is 2.08. The molecule has 124 valence electrons. The number of benzene rings is 1. The minimum atomic E-state index is -2.92. The summed E-state index contributed by atoms with van der Waals surface area (Å²) in [6.07, 6.45) is -2.92. The van der Waals surface area contributed by atoms with E-state index in [0.29, 0.717) is 15.6 Å². The Morgan fingerprint density at radius 1 is 1.30 bits per heavy atom. The standard InChI is InChI=1S/C14H12Cl3F2N3O/c1-6(8-5-7(15)3-4-9(8)16)20-14(23)10-11(13(18)19)21-22(2)12(10)17/h3-6,13H,1-2H3,(H,20,23). The Bertz CT molecular complexity index is 749. The van der Waals surface area contributed by atoms with Crippen LogP contribution in [0.2, 0.25) is 15.2 Å². The number of nitrogens with zero attached hydrogens (tertiary/aromatic N) is 2. The van der Waals surface area contributed by atoms with Gasteiger partial charge in [0.1, 0.15) is 16.4 Å². The lowest BCUT2D eigenvalue weighted by Gasteiger charge is -2.16. The van der Waals surface area contributed by atoms with E-state index in [-0.39, 0.29) is 10.7 Å². The number of carbonyl (C=O) groups excluding carboxylic acids is 1. The zero-order valence-electron chi connectivity index (χ0n) is 12.1. The van der Waals surface area contributed by atoms with E-state index in [0.717, 1.165) is 4.68 Å². The molecule has 9 heteroatoms. The number of carbonyl (C=O) groups is 1. The van der Waals surface area contributed by atoms with Gasteiger partial charge in [-0.05, 0) is 30.7 Å². The van der Waals surface area contributed by atoms with Crippen LogP contribution in [0.5, 0.6) is 0 Å². The van der Waals surface area contributed by atoms with Crippen molar-refractivity contribution in [2.75, 3.05) is 0 Å². The number of hydrogen-bond acceptors (Lipinski definition) is 2. The highest BCUT2D eigenvalue weighted by molar-refractivity contribution is 6.34. The van der Waals surface area contributed by atoms with Crippen LogP contribution >= 0.6 is 34.8 Å². The molecule has 1 N–H and O–H groups in total. The van der Waals surface area contributed by atoms with Crippen LogP contribution in [0, 0.1) is 0 Å². The van der Waals surface area contributed by atoms with Gasteiger partial charge < -0.3 is 5.32 Å². The molecule has 1 atom stereocenters. The molecule has 4 nitrogen and oxygen atoms in total. The van der Waals surface area contributed by atoms with Crippen molar-refractivity contribution in [2.24, 2.45) is 7.05 Å². The molecule has 0 saturated heterocycles. The number of amides is 1. The highest BCUT2D eigenvalue weighted by Crippen LogP contribution is 2.30. The topological polar surface area (TPSA) is 46.9 Å². The van der Waals surface area contributed by atoms with E-state index in [1.165, 1.54) is 7.05 Å². The predicted molar refractivity (Wildman–Crippen MR) is 85.5 cm³/mol. The van der Waals surface area contributed by atoms with Crippen molar-refractivity contribution in [2.45, 2.75) is 19.4 Å². The van der Waals surface area contributed by atoms with Crippen LogP contribution in [0.4, 0.5) is 8.78 Å². The normalized spacial score (nSPS) is 12.5. The maximum absolute atomic E-state index is 13.0. The maximum Gasteiger partial charge on any atom is 0.283 e. The summed E-state index contributed by atoms with van der Waals surface area (Å²) in [4.78, 5) is 12.3. The fraction of sp³-hybridized carbons (Fsp3) is 0.286. The highest BCUT2D eigenvalue weighted by Gasteiger charge is 2.28. The molecule has 0 fully saturated rings. The van der Waals surface area contributed by atoms with Gasteiger partial charge in [0.05, 0.1) is 6.04 Å². The van der Waals surface area contributed by atoms with Gasteiger partial charge in [0.15, 0.2) is 0 Å². The summed E-state index contributed by atoms with van der Waals surface area (Å²) in [5, 5.41) is 6.82. The first kappa shape index (κ1) is 18.0. The SMILES string of the molecule is CC(NC(=O)c1c(C(F)F)nn(C)c1Cl)c1cc(Cl)ccc1Cl. The van der Waals surface area contributed by atoms with E-state index in [1.54, 1.807) is 25.1 Å². The molecule has 2 rings (SSSR count).